The molecule has 0 fully saturated rings. The van der Waals surface area contributed by atoms with E-state index in [4.69, 9.17) is 10.1 Å². The summed E-state index contributed by atoms with van der Waals surface area (Å²) in [5.74, 6) is -0.0377. The van der Waals surface area contributed by atoms with Gasteiger partial charge in [-0.3, -0.25) is 5.41 Å². The van der Waals surface area contributed by atoms with Crippen LogP contribution in [0.4, 0.5) is 0 Å². The standard InChI is InChI=1S/C14H17NO4S/c1-4-19-11-6-9(5-10(16)7-11)14(15)12(20-3)8-13(17)18-2/h5-8,15-16H,4H2,1-3H3. The maximum atomic E-state index is 11.3. The van der Waals surface area contributed by atoms with E-state index < -0.39 is 5.97 Å². The fourth-order valence-corrected chi connectivity index (χ4v) is 2.06. The molecule has 1 aromatic rings. The second kappa shape index (κ2) is 7.59. The first kappa shape index (κ1) is 16.1. The molecule has 108 valence electrons. The molecule has 0 heterocycles. The van der Waals surface area contributed by atoms with Crippen molar-refractivity contribution in [3.8, 4) is 11.5 Å². The first-order valence-electron chi connectivity index (χ1n) is 5.91. The topological polar surface area (TPSA) is 79.6 Å². The van der Waals surface area contributed by atoms with E-state index in [2.05, 4.69) is 4.74 Å². The van der Waals surface area contributed by atoms with Crippen molar-refractivity contribution in [2.24, 2.45) is 0 Å². The zero-order chi connectivity index (χ0) is 15.1. The van der Waals surface area contributed by atoms with Gasteiger partial charge in [0.1, 0.15) is 11.5 Å². The van der Waals surface area contributed by atoms with Crippen molar-refractivity contribution in [2.75, 3.05) is 20.0 Å². The van der Waals surface area contributed by atoms with Crippen molar-refractivity contribution in [3.63, 3.8) is 0 Å². The van der Waals surface area contributed by atoms with E-state index in [0.717, 1.165) is 0 Å². The van der Waals surface area contributed by atoms with Crippen molar-refractivity contribution in [3.05, 3.63) is 34.7 Å². The minimum absolute atomic E-state index is 0.00854. The van der Waals surface area contributed by atoms with E-state index in [1.54, 1.807) is 12.3 Å². The fourth-order valence-electron chi connectivity index (χ4n) is 1.52. The largest absolute Gasteiger partial charge is 0.508 e. The molecule has 0 aliphatic heterocycles. The average Bonchev–Trinajstić information content (AvgIpc) is 2.43. The Balaban J connectivity index is 3.12. The normalized spacial score (nSPS) is 11.1. The zero-order valence-electron chi connectivity index (χ0n) is 11.6. The van der Waals surface area contributed by atoms with Gasteiger partial charge in [-0.15, -0.1) is 11.8 Å². The maximum absolute atomic E-state index is 11.3. The van der Waals surface area contributed by atoms with Gasteiger partial charge >= 0.3 is 5.97 Å². The van der Waals surface area contributed by atoms with Gasteiger partial charge in [-0.2, -0.15) is 0 Å². The highest BCUT2D eigenvalue weighted by atomic mass is 32.2. The van der Waals surface area contributed by atoms with Gasteiger partial charge < -0.3 is 14.6 Å². The van der Waals surface area contributed by atoms with Gasteiger partial charge in [0.05, 0.1) is 19.4 Å². The van der Waals surface area contributed by atoms with Crippen molar-refractivity contribution in [1.29, 1.82) is 5.41 Å². The molecular weight excluding hydrogens is 278 g/mol. The predicted octanol–water partition coefficient (Wildman–Crippen LogP) is 2.58. The maximum Gasteiger partial charge on any atom is 0.331 e. The predicted molar refractivity (Wildman–Crippen MR) is 79.7 cm³/mol. The van der Waals surface area contributed by atoms with Crippen LogP contribution in [0.5, 0.6) is 11.5 Å². The summed E-state index contributed by atoms with van der Waals surface area (Å²) in [6.45, 7) is 2.29. The SMILES string of the molecule is CCOc1cc(O)cc(C(=N)C(=CC(=O)OC)SC)c1. The van der Waals surface area contributed by atoms with Gasteiger partial charge in [0.2, 0.25) is 0 Å². The summed E-state index contributed by atoms with van der Waals surface area (Å²) >= 11 is 1.25. The molecule has 0 atom stereocenters. The molecule has 0 aliphatic rings. The molecule has 0 saturated carbocycles. The molecule has 2 N–H and O–H groups in total. The molecule has 1 rings (SSSR count). The minimum atomic E-state index is -0.524. The zero-order valence-corrected chi connectivity index (χ0v) is 12.4. The molecule has 0 aromatic heterocycles. The van der Waals surface area contributed by atoms with Gasteiger partial charge in [0.25, 0.3) is 0 Å². The summed E-state index contributed by atoms with van der Waals surface area (Å²) < 4.78 is 9.87. The molecule has 0 amide bonds. The Hall–Kier alpha value is -1.95. The number of esters is 1. The lowest BCUT2D eigenvalue weighted by Crippen LogP contribution is -2.05. The highest BCUT2D eigenvalue weighted by Crippen LogP contribution is 2.26. The number of carbonyl (C=O) groups excluding carboxylic acids is 1. The van der Waals surface area contributed by atoms with Crippen LogP contribution in [0.25, 0.3) is 0 Å². The summed E-state index contributed by atoms with van der Waals surface area (Å²) in [5.41, 5.74) is 0.595. The third-order valence-electron chi connectivity index (χ3n) is 2.41. The number of ether oxygens (including phenoxy) is 2. The number of hydrogen-bond acceptors (Lipinski definition) is 6. The highest BCUT2D eigenvalue weighted by molar-refractivity contribution is 8.03. The van der Waals surface area contributed by atoms with Crippen LogP contribution in [-0.4, -0.2) is 36.8 Å². The van der Waals surface area contributed by atoms with E-state index in [1.807, 2.05) is 6.92 Å². The van der Waals surface area contributed by atoms with Crippen LogP contribution in [0.3, 0.4) is 0 Å². The molecule has 0 saturated heterocycles. The molecule has 0 spiro atoms. The number of phenols is 1. The lowest BCUT2D eigenvalue weighted by molar-refractivity contribution is -0.134. The fraction of sp³-hybridized carbons (Fsp3) is 0.286. The number of carbonyl (C=O) groups is 1. The lowest BCUT2D eigenvalue weighted by Gasteiger charge is -2.10. The number of phenolic OH excluding ortho intramolecular Hbond substituents is 1. The summed E-state index contributed by atoms with van der Waals surface area (Å²) in [5, 5.41) is 17.8. The summed E-state index contributed by atoms with van der Waals surface area (Å²) in [4.78, 5) is 11.7. The number of nitrogens with one attached hydrogen (secondary N) is 1. The number of allylic oxidation sites excluding steroid dienone is 1. The van der Waals surface area contributed by atoms with Gasteiger partial charge in [0, 0.05) is 22.6 Å². The third-order valence-corrected chi connectivity index (χ3v) is 3.17. The second-order valence-corrected chi connectivity index (χ2v) is 4.61. The Morgan fingerprint density at radius 1 is 1.45 bits per heavy atom. The quantitative estimate of drug-likeness (QED) is 0.479. The molecule has 20 heavy (non-hydrogen) atoms. The molecular formula is C14H17NO4S. The molecule has 1 aromatic carbocycles. The highest BCUT2D eigenvalue weighted by Gasteiger charge is 2.12. The second-order valence-electron chi connectivity index (χ2n) is 3.76. The van der Waals surface area contributed by atoms with Crippen molar-refractivity contribution >= 4 is 23.4 Å². The lowest BCUT2D eigenvalue weighted by atomic mass is 10.1. The molecule has 0 unspecified atom stereocenters. The van der Waals surface area contributed by atoms with E-state index >= 15 is 0 Å². The van der Waals surface area contributed by atoms with Gasteiger partial charge in [-0.1, -0.05) is 0 Å². The summed E-state index contributed by atoms with van der Waals surface area (Å²) in [6.07, 6.45) is 3.01. The molecule has 0 aliphatic carbocycles. The molecule has 5 nitrogen and oxygen atoms in total. The summed E-state index contributed by atoms with van der Waals surface area (Å²) in [6, 6.07) is 4.57. The van der Waals surface area contributed by atoms with Crippen molar-refractivity contribution < 1.29 is 19.4 Å². The number of hydrogen-bond donors (Lipinski definition) is 2. The van der Waals surface area contributed by atoms with Crippen LogP contribution < -0.4 is 4.74 Å². The van der Waals surface area contributed by atoms with Crippen LogP contribution in [0.15, 0.2) is 29.2 Å². The number of thioether (sulfide) groups is 1. The Kier molecular flexibility index (Phi) is 6.11. The first-order valence-corrected chi connectivity index (χ1v) is 7.14. The van der Waals surface area contributed by atoms with Gasteiger partial charge in [0.15, 0.2) is 0 Å². The Bertz CT molecular complexity index is 540. The van der Waals surface area contributed by atoms with Crippen LogP contribution in [0.1, 0.15) is 12.5 Å². The van der Waals surface area contributed by atoms with E-state index in [9.17, 15) is 9.90 Å². The van der Waals surface area contributed by atoms with Gasteiger partial charge in [-0.25, -0.2) is 4.79 Å². The molecule has 6 heteroatoms. The van der Waals surface area contributed by atoms with E-state index in [0.29, 0.717) is 22.8 Å². The van der Waals surface area contributed by atoms with Crippen LogP contribution in [-0.2, 0) is 9.53 Å². The number of benzene rings is 1. The Morgan fingerprint density at radius 3 is 2.70 bits per heavy atom. The Labute approximate surface area is 122 Å². The molecule has 0 radical (unpaired) electrons. The Morgan fingerprint density at radius 2 is 2.15 bits per heavy atom. The number of rotatable bonds is 6. The smallest absolute Gasteiger partial charge is 0.331 e. The van der Waals surface area contributed by atoms with Crippen molar-refractivity contribution in [2.45, 2.75) is 6.92 Å². The molecule has 0 bridgehead atoms. The first-order chi connectivity index (χ1) is 9.51. The van der Waals surface area contributed by atoms with Crippen LogP contribution >= 0.6 is 11.8 Å². The number of aromatic hydroxyl groups is 1. The van der Waals surface area contributed by atoms with Crippen LogP contribution in [0.2, 0.25) is 0 Å². The van der Waals surface area contributed by atoms with E-state index in [1.165, 1.54) is 37.1 Å². The monoisotopic (exact) mass is 295 g/mol. The number of methoxy groups -OCH3 is 1. The van der Waals surface area contributed by atoms with Gasteiger partial charge in [-0.05, 0) is 25.3 Å². The minimum Gasteiger partial charge on any atom is -0.508 e. The summed E-state index contributed by atoms with van der Waals surface area (Å²) in [7, 11) is 1.28. The van der Waals surface area contributed by atoms with E-state index in [-0.39, 0.29) is 11.5 Å². The van der Waals surface area contributed by atoms with Crippen molar-refractivity contribution in [1.82, 2.24) is 0 Å². The average molecular weight is 295 g/mol. The third kappa shape index (κ3) is 4.31. The van der Waals surface area contributed by atoms with Crippen LogP contribution in [0, 0.1) is 5.41 Å².